The Morgan fingerprint density at radius 2 is 1.97 bits per heavy atom. The molecule has 5 aromatic heterocycles. The minimum Gasteiger partial charge on any atom is -0.363 e. The number of halogens is 1. The summed E-state index contributed by atoms with van der Waals surface area (Å²) in [5.41, 5.74) is 4.93. The zero-order valence-electron chi connectivity index (χ0n) is 17.2. The van der Waals surface area contributed by atoms with Gasteiger partial charge in [-0.25, -0.2) is 15.0 Å². The molecule has 0 aliphatic rings. The molecule has 9 heteroatoms. The predicted molar refractivity (Wildman–Crippen MR) is 129 cm³/mol. The van der Waals surface area contributed by atoms with Crippen LogP contribution in [0, 0.1) is 6.92 Å². The highest BCUT2D eigenvalue weighted by molar-refractivity contribution is 7.18. The van der Waals surface area contributed by atoms with E-state index in [1.54, 1.807) is 17.5 Å². The molecule has 1 aromatic carbocycles. The average Bonchev–Trinajstić information content (AvgIpc) is 3.46. The van der Waals surface area contributed by atoms with E-state index in [0.29, 0.717) is 18.1 Å². The van der Waals surface area contributed by atoms with Crippen LogP contribution in [-0.2, 0) is 13.1 Å². The van der Waals surface area contributed by atoms with Crippen molar-refractivity contribution in [2.24, 2.45) is 0 Å². The first-order chi connectivity index (χ1) is 15.6. The van der Waals surface area contributed by atoms with Crippen LogP contribution in [-0.4, -0.2) is 29.1 Å². The third kappa shape index (κ3) is 3.57. The van der Waals surface area contributed by atoms with Gasteiger partial charge in [0.05, 0.1) is 39.9 Å². The van der Waals surface area contributed by atoms with Gasteiger partial charge in [0.25, 0.3) is 0 Å². The van der Waals surface area contributed by atoms with E-state index >= 15 is 0 Å². The number of fused-ring (bicyclic) bond motifs is 3. The Morgan fingerprint density at radius 3 is 2.91 bits per heavy atom. The number of nitrogens with one attached hydrogen (secondary N) is 1. The van der Waals surface area contributed by atoms with E-state index in [9.17, 15) is 0 Å². The van der Waals surface area contributed by atoms with Crippen LogP contribution in [0.25, 0.3) is 26.8 Å². The van der Waals surface area contributed by atoms with E-state index in [4.69, 9.17) is 16.7 Å². The molecule has 0 bridgehead atoms. The number of aromatic nitrogens is 6. The van der Waals surface area contributed by atoms with Crippen molar-refractivity contribution in [2.75, 3.05) is 5.32 Å². The van der Waals surface area contributed by atoms with Crippen LogP contribution in [0.15, 0.2) is 61.2 Å². The van der Waals surface area contributed by atoms with Crippen molar-refractivity contribution in [1.29, 1.82) is 0 Å². The van der Waals surface area contributed by atoms with Crippen molar-refractivity contribution in [1.82, 2.24) is 29.1 Å². The third-order valence-electron chi connectivity index (χ3n) is 5.26. The van der Waals surface area contributed by atoms with Gasteiger partial charge in [0.1, 0.15) is 16.5 Å². The van der Waals surface area contributed by atoms with Crippen molar-refractivity contribution >= 4 is 55.5 Å². The third-order valence-corrected chi connectivity index (χ3v) is 6.53. The van der Waals surface area contributed by atoms with Crippen LogP contribution in [0.2, 0.25) is 5.02 Å². The molecule has 0 spiro atoms. The lowest BCUT2D eigenvalue weighted by Gasteiger charge is -2.04. The summed E-state index contributed by atoms with van der Waals surface area (Å²) >= 11 is 7.73. The molecule has 0 unspecified atom stereocenters. The summed E-state index contributed by atoms with van der Waals surface area (Å²) in [7, 11) is 0. The normalized spacial score (nSPS) is 11.7. The summed E-state index contributed by atoms with van der Waals surface area (Å²) in [6.45, 7) is 3.25. The number of rotatable bonds is 5. The molecule has 0 amide bonds. The summed E-state index contributed by atoms with van der Waals surface area (Å²) in [4.78, 5) is 13.7. The SMILES string of the molecule is Cc1cn2cc(Cn3cc4c(NCc5nc6cc(Cl)ccc6s5)nccc4n3)ccc2n1. The van der Waals surface area contributed by atoms with Gasteiger partial charge in [0.2, 0.25) is 0 Å². The number of hydrogen-bond donors (Lipinski definition) is 1. The van der Waals surface area contributed by atoms with E-state index < -0.39 is 0 Å². The number of pyridine rings is 2. The minimum absolute atomic E-state index is 0.588. The van der Waals surface area contributed by atoms with E-state index in [1.807, 2.05) is 58.7 Å². The van der Waals surface area contributed by atoms with Crippen LogP contribution < -0.4 is 5.32 Å². The van der Waals surface area contributed by atoms with Crippen molar-refractivity contribution in [3.63, 3.8) is 0 Å². The molecule has 6 aromatic rings. The Bertz CT molecular complexity index is 1600. The summed E-state index contributed by atoms with van der Waals surface area (Å²) < 4.78 is 5.12. The predicted octanol–water partition coefficient (Wildman–Crippen LogP) is 5.31. The van der Waals surface area contributed by atoms with Crippen molar-refractivity contribution in [3.8, 4) is 0 Å². The molecular weight excluding hydrogens is 442 g/mol. The quantitative estimate of drug-likeness (QED) is 0.378. The van der Waals surface area contributed by atoms with Gasteiger partial charge in [-0.05, 0) is 42.8 Å². The maximum Gasteiger partial charge on any atom is 0.137 e. The fourth-order valence-electron chi connectivity index (χ4n) is 3.84. The van der Waals surface area contributed by atoms with Crippen molar-refractivity contribution < 1.29 is 0 Å². The van der Waals surface area contributed by atoms with E-state index in [0.717, 1.165) is 48.8 Å². The number of hydrogen-bond acceptors (Lipinski definition) is 6. The molecule has 5 heterocycles. The maximum absolute atomic E-state index is 6.08. The molecular formula is C23H18ClN7S. The molecule has 32 heavy (non-hydrogen) atoms. The van der Waals surface area contributed by atoms with Gasteiger partial charge in [-0.2, -0.15) is 5.10 Å². The van der Waals surface area contributed by atoms with Gasteiger partial charge in [-0.3, -0.25) is 4.68 Å². The zero-order chi connectivity index (χ0) is 21.7. The standard InChI is InChI=1S/C23H18ClN7S/c1-14-10-30-11-15(2-5-21(30)27-14)12-31-13-17-18(29-31)6-7-25-23(17)26-9-22-28-19-8-16(24)3-4-20(19)32-22/h2-8,10-11,13H,9,12H2,1H3,(H,25,26). The zero-order valence-corrected chi connectivity index (χ0v) is 18.7. The molecule has 0 fully saturated rings. The monoisotopic (exact) mass is 459 g/mol. The lowest BCUT2D eigenvalue weighted by Crippen LogP contribution is -2.01. The van der Waals surface area contributed by atoms with Gasteiger partial charge in [0.15, 0.2) is 0 Å². The Labute approximate surface area is 192 Å². The Hall–Kier alpha value is -3.49. The maximum atomic E-state index is 6.08. The smallest absolute Gasteiger partial charge is 0.137 e. The van der Waals surface area contributed by atoms with Crippen LogP contribution in [0.5, 0.6) is 0 Å². The van der Waals surface area contributed by atoms with Gasteiger partial charge < -0.3 is 9.72 Å². The molecule has 0 saturated carbocycles. The van der Waals surface area contributed by atoms with Crippen molar-refractivity contribution in [2.45, 2.75) is 20.0 Å². The number of nitrogens with zero attached hydrogens (tertiary/aromatic N) is 6. The molecule has 1 N–H and O–H groups in total. The number of thiazole rings is 1. The molecule has 0 aliphatic heterocycles. The molecule has 0 radical (unpaired) electrons. The fourth-order valence-corrected chi connectivity index (χ4v) is 4.90. The number of benzene rings is 1. The highest BCUT2D eigenvalue weighted by atomic mass is 35.5. The second-order valence-electron chi connectivity index (χ2n) is 7.68. The van der Waals surface area contributed by atoms with Gasteiger partial charge in [0, 0.05) is 29.8 Å². The van der Waals surface area contributed by atoms with Crippen LogP contribution >= 0.6 is 22.9 Å². The Kier molecular flexibility index (Phi) is 4.55. The minimum atomic E-state index is 0.588. The fraction of sp³-hybridized carbons (Fsp3) is 0.130. The van der Waals surface area contributed by atoms with Crippen LogP contribution in [0.4, 0.5) is 5.82 Å². The lowest BCUT2D eigenvalue weighted by molar-refractivity contribution is 0.693. The van der Waals surface area contributed by atoms with Gasteiger partial charge >= 0.3 is 0 Å². The summed E-state index contributed by atoms with van der Waals surface area (Å²) in [5, 5.41) is 10.8. The van der Waals surface area contributed by atoms with Gasteiger partial charge in [-0.1, -0.05) is 17.7 Å². The highest BCUT2D eigenvalue weighted by Gasteiger charge is 2.10. The average molecular weight is 460 g/mol. The molecule has 0 atom stereocenters. The van der Waals surface area contributed by atoms with Crippen LogP contribution in [0.1, 0.15) is 16.3 Å². The van der Waals surface area contributed by atoms with Gasteiger partial charge in [-0.15, -0.1) is 11.3 Å². The first-order valence-electron chi connectivity index (χ1n) is 10.2. The first kappa shape index (κ1) is 19.2. The second kappa shape index (κ2) is 7.58. The molecule has 158 valence electrons. The van der Waals surface area contributed by atoms with E-state index in [-0.39, 0.29) is 0 Å². The molecule has 0 aliphatic carbocycles. The Balaban J connectivity index is 1.25. The molecule has 7 nitrogen and oxygen atoms in total. The Morgan fingerprint density at radius 1 is 1.03 bits per heavy atom. The highest BCUT2D eigenvalue weighted by Crippen LogP contribution is 2.26. The van der Waals surface area contributed by atoms with Crippen LogP contribution in [0.3, 0.4) is 0 Å². The molecule has 0 saturated heterocycles. The number of aryl methyl sites for hydroxylation is 1. The first-order valence-corrected chi connectivity index (χ1v) is 11.4. The summed E-state index contributed by atoms with van der Waals surface area (Å²) in [5.74, 6) is 0.798. The number of anilines is 1. The molecule has 6 rings (SSSR count). The largest absolute Gasteiger partial charge is 0.363 e. The van der Waals surface area contributed by atoms with Crippen molar-refractivity contribution in [3.05, 3.63) is 82.5 Å². The second-order valence-corrected chi connectivity index (χ2v) is 9.23. The topological polar surface area (TPSA) is 72.9 Å². The number of imidazole rings is 1. The van der Waals surface area contributed by atoms with E-state index in [2.05, 4.69) is 32.5 Å². The lowest BCUT2D eigenvalue weighted by atomic mass is 10.3. The summed E-state index contributed by atoms with van der Waals surface area (Å²) in [6.07, 6.45) is 7.94. The van der Waals surface area contributed by atoms with E-state index in [1.165, 1.54) is 0 Å². The summed E-state index contributed by atoms with van der Waals surface area (Å²) in [6, 6.07) is 11.8.